The van der Waals surface area contributed by atoms with Gasteiger partial charge >= 0.3 is 0 Å². The summed E-state index contributed by atoms with van der Waals surface area (Å²) in [6, 6.07) is 3.33. The number of aromatic nitrogens is 1. The maximum atomic E-state index is 12.3. The van der Waals surface area contributed by atoms with Crippen LogP contribution in [0.4, 0.5) is 0 Å². The van der Waals surface area contributed by atoms with Gasteiger partial charge in [-0.1, -0.05) is 18.9 Å². The smallest absolute Gasteiger partial charge is 0.258 e. The molecule has 1 unspecified atom stereocenters. The van der Waals surface area contributed by atoms with Crippen LogP contribution >= 0.6 is 0 Å². The van der Waals surface area contributed by atoms with Crippen molar-refractivity contribution in [1.29, 1.82) is 0 Å². The molecule has 0 bridgehead atoms. The first-order chi connectivity index (χ1) is 9.53. The molecule has 0 spiro atoms. The molecule has 1 atom stereocenters. The highest BCUT2D eigenvalue weighted by Crippen LogP contribution is 2.28. The third-order valence-corrected chi connectivity index (χ3v) is 5.38. The molecule has 2 N–H and O–H groups in total. The Hall–Kier alpha value is -0.980. The van der Waals surface area contributed by atoms with Crippen molar-refractivity contribution in [2.75, 3.05) is 7.05 Å². The van der Waals surface area contributed by atoms with E-state index in [2.05, 4.69) is 15.0 Å². The predicted molar refractivity (Wildman–Crippen MR) is 78.7 cm³/mol. The van der Waals surface area contributed by atoms with Crippen LogP contribution in [0.3, 0.4) is 0 Å². The van der Waals surface area contributed by atoms with Crippen molar-refractivity contribution >= 4 is 10.0 Å². The third-order valence-electron chi connectivity index (χ3n) is 3.90. The molecule has 1 heterocycles. The number of nitrogens with zero attached hydrogens (tertiary/aromatic N) is 1. The first-order valence-electron chi connectivity index (χ1n) is 7.15. The van der Waals surface area contributed by atoms with Gasteiger partial charge in [-0.05, 0) is 44.4 Å². The zero-order valence-corrected chi connectivity index (χ0v) is 12.9. The lowest BCUT2D eigenvalue weighted by Crippen LogP contribution is -2.37. The monoisotopic (exact) mass is 297 g/mol. The van der Waals surface area contributed by atoms with Crippen molar-refractivity contribution in [2.45, 2.75) is 50.2 Å². The van der Waals surface area contributed by atoms with Gasteiger partial charge in [0.15, 0.2) is 5.03 Å². The Balaban J connectivity index is 2.05. The zero-order valence-electron chi connectivity index (χ0n) is 12.1. The summed E-state index contributed by atoms with van der Waals surface area (Å²) in [4.78, 5) is 4.06. The average molecular weight is 297 g/mol. The molecule has 0 amide bonds. The SMILES string of the molecule is CNCc1ccc(S(=O)(=O)NC(C)C2CCCC2)nc1. The van der Waals surface area contributed by atoms with Gasteiger partial charge in [-0.25, -0.2) is 18.1 Å². The summed E-state index contributed by atoms with van der Waals surface area (Å²) >= 11 is 0. The van der Waals surface area contributed by atoms with E-state index in [1.807, 2.05) is 14.0 Å². The minimum atomic E-state index is -3.51. The Kier molecular flexibility index (Phi) is 5.12. The molecule has 1 aromatic heterocycles. The van der Waals surface area contributed by atoms with Crippen LogP contribution in [0.15, 0.2) is 23.4 Å². The summed E-state index contributed by atoms with van der Waals surface area (Å²) in [6.07, 6.45) is 6.23. The highest BCUT2D eigenvalue weighted by molar-refractivity contribution is 7.89. The van der Waals surface area contributed by atoms with Gasteiger partial charge in [-0.3, -0.25) is 0 Å². The van der Waals surface area contributed by atoms with E-state index in [-0.39, 0.29) is 11.1 Å². The molecule has 112 valence electrons. The van der Waals surface area contributed by atoms with Gasteiger partial charge in [-0.15, -0.1) is 0 Å². The van der Waals surface area contributed by atoms with E-state index in [1.165, 1.54) is 12.8 Å². The summed E-state index contributed by atoms with van der Waals surface area (Å²) in [5.74, 6) is 0.452. The minimum absolute atomic E-state index is 0.0266. The highest BCUT2D eigenvalue weighted by Gasteiger charge is 2.26. The number of nitrogens with one attached hydrogen (secondary N) is 2. The molecule has 0 aliphatic heterocycles. The van der Waals surface area contributed by atoms with Crippen molar-refractivity contribution in [3.63, 3.8) is 0 Å². The Labute approximate surface area is 121 Å². The second kappa shape index (κ2) is 6.65. The van der Waals surface area contributed by atoms with E-state index in [0.29, 0.717) is 12.5 Å². The van der Waals surface area contributed by atoms with Gasteiger partial charge in [0.2, 0.25) is 0 Å². The maximum absolute atomic E-state index is 12.3. The molecule has 5 nitrogen and oxygen atoms in total. The van der Waals surface area contributed by atoms with E-state index in [9.17, 15) is 8.42 Å². The fraction of sp³-hybridized carbons (Fsp3) is 0.643. The average Bonchev–Trinajstić information content (AvgIpc) is 2.93. The van der Waals surface area contributed by atoms with Gasteiger partial charge in [-0.2, -0.15) is 0 Å². The molecule has 0 saturated heterocycles. The topological polar surface area (TPSA) is 71.1 Å². The zero-order chi connectivity index (χ0) is 14.6. The van der Waals surface area contributed by atoms with Crippen molar-refractivity contribution in [3.05, 3.63) is 23.9 Å². The third kappa shape index (κ3) is 3.77. The van der Waals surface area contributed by atoms with Gasteiger partial charge in [0, 0.05) is 18.8 Å². The summed E-state index contributed by atoms with van der Waals surface area (Å²) < 4.78 is 27.3. The van der Waals surface area contributed by atoms with Gasteiger partial charge < -0.3 is 5.32 Å². The minimum Gasteiger partial charge on any atom is -0.316 e. The van der Waals surface area contributed by atoms with Gasteiger partial charge in [0.05, 0.1) is 0 Å². The number of rotatable bonds is 6. The molecule has 6 heteroatoms. The van der Waals surface area contributed by atoms with Crippen LogP contribution in [-0.4, -0.2) is 26.5 Å². The molecule has 0 aromatic carbocycles. The van der Waals surface area contributed by atoms with Crippen LogP contribution in [0.5, 0.6) is 0 Å². The number of sulfonamides is 1. The molecule has 20 heavy (non-hydrogen) atoms. The molecule has 0 radical (unpaired) electrons. The molecule has 1 saturated carbocycles. The molecular weight excluding hydrogens is 274 g/mol. The molecule has 1 aliphatic carbocycles. The van der Waals surface area contributed by atoms with E-state index < -0.39 is 10.0 Å². The second-order valence-corrected chi connectivity index (χ2v) is 7.15. The molecule has 1 fully saturated rings. The maximum Gasteiger partial charge on any atom is 0.258 e. The van der Waals surface area contributed by atoms with Crippen molar-refractivity contribution < 1.29 is 8.42 Å². The van der Waals surface area contributed by atoms with Crippen LogP contribution in [0, 0.1) is 5.92 Å². The number of hydrogen-bond acceptors (Lipinski definition) is 4. The summed E-state index contributed by atoms with van der Waals surface area (Å²) in [5, 5.41) is 3.11. The van der Waals surface area contributed by atoms with Gasteiger partial charge in [0.25, 0.3) is 10.0 Å². The molecule has 1 aliphatic rings. The summed E-state index contributed by atoms with van der Waals surface area (Å²) in [5.41, 5.74) is 0.968. The van der Waals surface area contributed by atoms with Crippen molar-refractivity contribution in [1.82, 2.24) is 15.0 Å². The van der Waals surface area contributed by atoms with E-state index >= 15 is 0 Å². The lowest BCUT2D eigenvalue weighted by molar-refractivity contribution is 0.423. The standard InChI is InChI=1S/C14H23N3O2S/c1-11(13-5-3-4-6-13)17-20(18,19)14-8-7-12(9-15-2)10-16-14/h7-8,10-11,13,15,17H,3-6,9H2,1-2H3. The molecular formula is C14H23N3O2S. The van der Waals surface area contributed by atoms with E-state index in [1.54, 1.807) is 18.3 Å². The normalized spacial score (nSPS) is 18.3. The van der Waals surface area contributed by atoms with Gasteiger partial charge in [0.1, 0.15) is 0 Å². The van der Waals surface area contributed by atoms with Crippen LogP contribution in [0.2, 0.25) is 0 Å². The first kappa shape index (κ1) is 15.4. The van der Waals surface area contributed by atoms with Crippen LogP contribution in [-0.2, 0) is 16.6 Å². The predicted octanol–water partition coefficient (Wildman–Crippen LogP) is 1.66. The summed E-state index contributed by atoms with van der Waals surface area (Å²) in [6.45, 7) is 2.63. The van der Waals surface area contributed by atoms with Crippen LogP contribution in [0.25, 0.3) is 0 Å². The Morgan fingerprint density at radius 3 is 2.60 bits per heavy atom. The first-order valence-corrected chi connectivity index (χ1v) is 8.63. The largest absolute Gasteiger partial charge is 0.316 e. The summed E-state index contributed by atoms with van der Waals surface area (Å²) in [7, 11) is -1.67. The fourth-order valence-electron chi connectivity index (χ4n) is 2.74. The van der Waals surface area contributed by atoms with Crippen molar-refractivity contribution in [3.8, 4) is 0 Å². The van der Waals surface area contributed by atoms with Crippen LogP contribution < -0.4 is 10.0 Å². The lowest BCUT2D eigenvalue weighted by atomic mass is 10.0. The molecule has 2 rings (SSSR count). The number of pyridine rings is 1. The van der Waals surface area contributed by atoms with Crippen molar-refractivity contribution in [2.24, 2.45) is 5.92 Å². The second-order valence-electron chi connectivity index (χ2n) is 5.49. The number of hydrogen-bond donors (Lipinski definition) is 2. The quantitative estimate of drug-likeness (QED) is 0.837. The lowest BCUT2D eigenvalue weighted by Gasteiger charge is -2.19. The fourth-order valence-corrected chi connectivity index (χ4v) is 3.98. The highest BCUT2D eigenvalue weighted by atomic mass is 32.2. The Morgan fingerprint density at radius 2 is 2.05 bits per heavy atom. The van der Waals surface area contributed by atoms with E-state index in [4.69, 9.17) is 0 Å². The van der Waals surface area contributed by atoms with Crippen LogP contribution in [0.1, 0.15) is 38.2 Å². The van der Waals surface area contributed by atoms with E-state index in [0.717, 1.165) is 18.4 Å². The Morgan fingerprint density at radius 1 is 1.35 bits per heavy atom. The Bertz CT molecular complexity index is 522. The molecule has 1 aromatic rings.